The zero-order chi connectivity index (χ0) is 13.8. The molecular formula is C13H15ClN2O3. The van der Waals surface area contributed by atoms with Crippen LogP contribution in [0.1, 0.15) is 12.0 Å². The molecule has 1 saturated heterocycles. The Balaban J connectivity index is 1.83. The maximum Gasteiger partial charge on any atom is 0.409 e. The molecule has 1 fully saturated rings. The molecule has 5 nitrogen and oxygen atoms in total. The van der Waals surface area contributed by atoms with E-state index in [4.69, 9.17) is 16.3 Å². The molecule has 1 aromatic carbocycles. The van der Waals surface area contributed by atoms with Crippen molar-refractivity contribution in [1.29, 1.82) is 0 Å². The Morgan fingerprint density at radius 1 is 1.53 bits per heavy atom. The third-order valence-corrected chi connectivity index (χ3v) is 3.32. The van der Waals surface area contributed by atoms with Crippen LogP contribution in [-0.4, -0.2) is 36.6 Å². The first-order valence-corrected chi connectivity index (χ1v) is 6.42. The highest BCUT2D eigenvalue weighted by molar-refractivity contribution is 6.31. The maximum absolute atomic E-state index is 11.7. The summed E-state index contributed by atoms with van der Waals surface area (Å²) < 4.78 is 4.78. The summed E-state index contributed by atoms with van der Waals surface area (Å²) in [6.45, 7) is 3.20. The molecule has 1 N–H and O–H groups in total. The van der Waals surface area contributed by atoms with E-state index in [0.717, 1.165) is 5.56 Å². The van der Waals surface area contributed by atoms with E-state index >= 15 is 0 Å². The molecule has 2 rings (SSSR count). The predicted octanol–water partition coefficient (Wildman–Crippen LogP) is 2.43. The molecule has 0 aliphatic carbocycles. The van der Waals surface area contributed by atoms with Crippen molar-refractivity contribution in [2.24, 2.45) is 0 Å². The summed E-state index contributed by atoms with van der Waals surface area (Å²) in [6.07, 6.45) is -0.119. The average Bonchev–Trinajstić information content (AvgIpc) is 2.77. The van der Waals surface area contributed by atoms with E-state index in [9.17, 15) is 9.59 Å². The van der Waals surface area contributed by atoms with E-state index in [1.165, 1.54) is 4.90 Å². The summed E-state index contributed by atoms with van der Waals surface area (Å²) in [4.78, 5) is 24.4. The van der Waals surface area contributed by atoms with Crippen LogP contribution in [0, 0.1) is 6.92 Å². The molecule has 0 aromatic heterocycles. The number of halogens is 1. The van der Waals surface area contributed by atoms with Crippen LogP contribution in [0.2, 0.25) is 5.02 Å². The van der Waals surface area contributed by atoms with Crippen LogP contribution < -0.4 is 5.32 Å². The molecule has 1 aliphatic rings. The zero-order valence-corrected chi connectivity index (χ0v) is 11.4. The van der Waals surface area contributed by atoms with Gasteiger partial charge in [-0.05, 0) is 24.6 Å². The minimum atomic E-state index is -0.355. The number of hydrogen-bond acceptors (Lipinski definition) is 3. The second-order valence-electron chi connectivity index (χ2n) is 4.36. The lowest BCUT2D eigenvalue weighted by atomic mass is 10.2. The Morgan fingerprint density at radius 3 is 2.95 bits per heavy atom. The fourth-order valence-electron chi connectivity index (χ4n) is 1.76. The molecular weight excluding hydrogens is 268 g/mol. The fraction of sp³-hybridized carbons (Fsp3) is 0.385. The van der Waals surface area contributed by atoms with Crippen molar-refractivity contribution in [1.82, 2.24) is 4.90 Å². The summed E-state index contributed by atoms with van der Waals surface area (Å²) >= 11 is 5.98. The summed E-state index contributed by atoms with van der Waals surface area (Å²) in [5.74, 6) is -0.153. The fourth-order valence-corrected chi connectivity index (χ4v) is 1.94. The van der Waals surface area contributed by atoms with Gasteiger partial charge in [0.15, 0.2) is 0 Å². The number of ether oxygens (including phenoxy) is 1. The Hall–Kier alpha value is -1.75. The van der Waals surface area contributed by atoms with Gasteiger partial charge in [0.2, 0.25) is 5.91 Å². The number of carbonyl (C=O) groups excluding carboxylic acids is 2. The highest BCUT2D eigenvalue weighted by atomic mass is 35.5. The maximum atomic E-state index is 11.7. The Kier molecular flexibility index (Phi) is 4.27. The molecule has 0 radical (unpaired) electrons. The number of anilines is 1. The molecule has 0 spiro atoms. The van der Waals surface area contributed by atoms with Crippen LogP contribution >= 0.6 is 11.6 Å². The van der Waals surface area contributed by atoms with Crippen LogP contribution in [0.5, 0.6) is 0 Å². The monoisotopic (exact) mass is 282 g/mol. The summed E-state index contributed by atoms with van der Waals surface area (Å²) in [5.41, 5.74) is 1.61. The largest absolute Gasteiger partial charge is 0.448 e. The first-order valence-electron chi connectivity index (χ1n) is 6.04. The smallest absolute Gasteiger partial charge is 0.409 e. The highest BCUT2D eigenvalue weighted by Gasteiger charge is 2.22. The average molecular weight is 283 g/mol. The number of rotatable bonds is 4. The van der Waals surface area contributed by atoms with Crippen LogP contribution in [-0.2, 0) is 9.53 Å². The number of nitrogens with zero attached hydrogens (tertiary/aromatic N) is 1. The van der Waals surface area contributed by atoms with E-state index < -0.39 is 0 Å². The molecule has 0 atom stereocenters. The van der Waals surface area contributed by atoms with Gasteiger partial charge in [-0.1, -0.05) is 17.7 Å². The van der Waals surface area contributed by atoms with Gasteiger partial charge in [-0.2, -0.15) is 0 Å². The molecule has 102 valence electrons. The standard InChI is InChI=1S/C13H15ClN2O3/c1-9-2-3-10(8-11(9)14)15-12(17)4-5-16-6-7-19-13(16)18/h2-3,8H,4-7H2,1H3,(H,15,17). The Labute approximate surface area is 116 Å². The normalized spacial score (nSPS) is 14.4. The molecule has 2 amide bonds. The SMILES string of the molecule is Cc1ccc(NC(=O)CCN2CCOC2=O)cc1Cl. The molecule has 0 saturated carbocycles. The van der Waals surface area contributed by atoms with Crippen LogP contribution in [0.15, 0.2) is 18.2 Å². The Morgan fingerprint density at radius 2 is 2.32 bits per heavy atom. The molecule has 19 heavy (non-hydrogen) atoms. The molecule has 0 unspecified atom stereocenters. The number of benzene rings is 1. The number of hydrogen-bond donors (Lipinski definition) is 1. The number of aryl methyl sites for hydroxylation is 1. The van der Waals surface area contributed by atoms with Gasteiger partial charge >= 0.3 is 6.09 Å². The van der Waals surface area contributed by atoms with Gasteiger partial charge in [-0.3, -0.25) is 4.79 Å². The van der Waals surface area contributed by atoms with E-state index in [2.05, 4.69) is 5.32 Å². The quantitative estimate of drug-likeness (QED) is 0.923. The lowest BCUT2D eigenvalue weighted by molar-refractivity contribution is -0.116. The number of carbonyl (C=O) groups is 2. The molecule has 1 heterocycles. The van der Waals surface area contributed by atoms with Crippen molar-refractivity contribution in [2.45, 2.75) is 13.3 Å². The molecule has 1 aliphatic heterocycles. The summed E-state index contributed by atoms with van der Waals surface area (Å²) in [7, 11) is 0. The topological polar surface area (TPSA) is 58.6 Å². The van der Waals surface area contributed by atoms with E-state index in [1.54, 1.807) is 12.1 Å². The van der Waals surface area contributed by atoms with Crippen molar-refractivity contribution in [3.8, 4) is 0 Å². The van der Waals surface area contributed by atoms with Crippen molar-refractivity contribution in [3.05, 3.63) is 28.8 Å². The second kappa shape index (κ2) is 5.93. The van der Waals surface area contributed by atoms with Gasteiger partial charge < -0.3 is 15.0 Å². The second-order valence-corrected chi connectivity index (χ2v) is 4.77. The zero-order valence-electron chi connectivity index (χ0n) is 10.6. The minimum absolute atomic E-state index is 0.153. The first-order chi connectivity index (χ1) is 9.06. The van der Waals surface area contributed by atoms with Crippen LogP contribution in [0.25, 0.3) is 0 Å². The molecule has 0 bridgehead atoms. The summed E-state index contributed by atoms with van der Waals surface area (Å²) in [6, 6.07) is 5.35. The number of cyclic esters (lactones) is 1. The van der Waals surface area contributed by atoms with Crippen molar-refractivity contribution in [3.63, 3.8) is 0 Å². The predicted molar refractivity (Wildman–Crippen MR) is 72.4 cm³/mol. The van der Waals surface area contributed by atoms with E-state index in [0.29, 0.717) is 30.4 Å². The molecule has 1 aromatic rings. The van der Waals surface area contributed by atoms with Gasteiger partial charge in [0, 0.05) is 23.7 Å². The van der Waals surface area contributed by atoms with E-state index in [-0.39, 0.29) is 18.4 Å². The summed E-state index contributed by atoms with van der Waals surface area (Å²) in [5, 5.41) is 3.36. The van der Waals surface area contributed by atoms with Gasteiger partial charge in [-0.15, -0.1) is 0 Å². The van der Waals surface area contributed by atoms with Crippen molar-refractivity contribution < 1.29 is 14.3 Å². The van der Waals surface area contributed by atoms with Gasteiger partial charge in [0.1, 0.15) is 6.61 Å². The van der Waals surface area contributed by atoms with Crippen molar-refractivity contribution in [2.75, 3.05) is 25.0 Å². The van der Waals surface area contributed by atoms with Gasteiger partial charge in [0.05, 0.1) is 6.54 Å². The molecule has 6 heteroatoms. The third kappa shape index (κ3) is 3.61. The van der Waals surface area contributed by atoms with E-state index in [1.807, 2.05) is 13.0 Å². The van der Waals surface area contributed by atoms with Crippen molar-refractivity contribution >= 4 is 29.3 Å². The van der Waals surface area contributed by atoms with Gasteiger partial charge in [-0.25, -0.2) is 4.79 Å². The Bertz CT molecular complexity index is 505. The van der Waals surface area contributed by atoms with Gasteiger partial charge in [0.25, 0.3) is 0 Å². The number of amides is 2. The van der Waals surface area contributed by atoms with Crippen LogP contribution in [0.3, 0.4) is 0 Å². The lowest BCUT2D eigenvalue weighted by Gasteiger charge is -2.12. The lowest BCUT2D eigenvalue weighted by Crippen LogP contribution is -2.28. The minimum Gasteiger partial charge on any atom is -0.448 e. The van der Waals surface area contributed by atoms with Crippen LogP contribution in [0.4, 0.5) is 10.5 Å². The highest BCUT2D eigenvalue weighted by Crippen LogP contribution is 2.20. The third-order valence-electron chi connectivity index (χ3n) is 2.91. The number of nitrogens with one attached hydrogen (secondary N) is 1. The first kappa shape index (κ1) is 13.7.